The quantitative estimate of drug-likeness (QED) is 0.792. The Labute approximate surface area is 123 Å². The fourth-order valence-corrected chi connectivity index (χ4v) is 2.10. The molecule has 2 aromatic rings. The molecule has 0 N–H and O–H groups in total. The molecule has 0 saturated heterocycles. The van der Waals surface area contributed by atoms with Crippen molar-refractivity contribution in [3.63, 3.8) is 0 Å². The summed E-state index contributed by atoms with van der Waals surface area (Å²) in [5.41, 5.74) is 1.04. The van der Waals surface area contributed by atoms with Gasteiger partial charge in [-0.3, -0.25) is 9.59 Å². The van der Waals surface area contributed by atoms with Gasteiger partial charge in [0.2, 0.25) is 0 Å². The Morgan fingerprint density at radius 1 is 1.33 bits per heavy atom. The van der Waals surface area contributed by atoms with Crippen LogP contribution in [0.3, 0.4) is 0 Å². The number of hydrogen-bond acceptors (Lipinski definition) is 4. The van der Waals surface area contributed by atoms with Gasteiger partial charge in [0, 0.05) is 12.1 Å². The van der Waals surface area contributed by atoms with Gasteiger partial charge in [-0.25, -0.2) is 4.68 Å². The predicted molar refractivity (Wildman–Crippen MR) is 80.7 cm³/mol. The molecule has 0 aliphatic rings. The van der Waals surface area contributed by atoms with E-state index in [1.807, 2.05) is 38.1 Å². The fourth-order valence-electron chi connectivity index (χ4n) is 2.10. The first kappa shape index (κ1) is 15.0. The molecule has 5 nitrogen and oxygen atoms in total. The van der Waals surface area contributed by atoms with Gasteiger partial charge in [-0.05, 0) is 24.1 Å². The van der Waals surface area contributed by atoms with E-state index in [4.69, 9.17) is 4.74 Å². The van der Waals surface area contributed by atoms with Gasteiger partial charge < -0.3 is 4.74 Å². The topological polar surface area (TPSA) is 61.2 Å². The van der Waals surface area contributed by atoms with Gasteiger partial charge in [0.05, 0.1) is 18.4 Å². The molecule has 0 unspecified atom stereocenters. The van der Waals surface area contributed by atoms with E-state index in [0.717, 1.165) is 5.56 Å². The van der Waals surface area contributed by atoms with E-state index in [2.05, 4.69) is 5.10 Å². The van der Waals surface area contributed by atoms with E-state index in [9.17, 15) is 9.59 Å². The Morgan fingerprint density at radius 3 is 2.67 bits per heavy atom. The van der Waals surface area contributed by atoms with Crippen molar-refractivity contribution in [2.24, 2.45) is 5.92 Å². The number of hydrogen-bond donors (Lipinski definition) is 0. The summed E-state index contributed by atoms with van der Waals surface area (Å²) in [6, 6.07) is 8.88. The molecule has 21 heavy (non-hydrogen) atoms. The molecule has 1 aromatic carbocycles. The van der Waals surface area contributed by atoms with Crippen LogP contribution in [0.4, 0.5) is 0 Å². The van der Waals surface area contributed by atoms with Gasteiger partial charge in [0.1, 0.15) is 5.75 Å². The maximum absolute atomic E-state index is 12.1. The number of carbonyl (C=O) groups is 1. The third kappa shape index (κ3) is 3.18. The van der Waals surface area contributed by atoms with Crippen LogP contribution >= 0.6 is 0 Å². The average molecular weight is 286 g/mol. The largest absolute Gasteiger partial charge is 0.496 e. The molecule has 0 bridgehead atoms. The molecule has 0 spiro atoms. The first-order valence-corrected chi connectivity index (χ1v) is 6.77. The van der Waals surface area contributed by atoms with E-state index < -0.39 is 0 Å². The lowest BCUT2D eigenvalue weighted by atomic mass is 10.1. The van der Waals surface area contributed by atoms with E-state index in [1.165, 1.54) is 10.7 Å². The van der Waals surface area contributed by atoms with Crippen LogP contribution in [0.5, 0.6) is 5.75 Å². The highest BCUT2D eigenvalue weighted by atomic mass is 16.5. The minimum Gasteiger partial charge on any atom is -0.496 e. The number of benzene rings is 1. The Hall–Kier alpha value is -2.43. The van der Waals surface area contributed by atoms with Gasteiger partial charge in [-0.1, -0.05) is 26.0 Å². The molecule has 0 aliphatic heterocycles. The molecule has 0 aliphatic carbocycles. The first-order chi connectivity index (χ1) is 10.1. The molecule has 0 atom stereocenters. The van der Waals surface area contributed by atoms with Crippen molar-refractivity contribution < 1.29 is 9.53 Å². The third-order valence-electron chi connectivity index (χ3n) is 3.05. The molecular formula is C16H18N2O3. The molecule has 1 aromatic heterocycles. The highest BCUT2D eigenvalue weighted by molar-refractivity contribution is 5.78. The highest BCUT2D eigenvalue weighted by Crippen LogP contribution is 2.27. The Bertz CT molecular complexity index is 705. The van der Waals surface area contributed by atoms with Crippen LogP contribution in [0.2, 0.25) is 0 Å². The smallest absolute Gasteiger partial charge is 0.277 e. The van der Waals surface area contributed by atoms with E-state index in [-0.39, 0.29) is 17.0 Å². The Kier molecular flexibility index (Phi) is 4.52. The van der Waals surface area contributed by atoms with Crippen molar-refractivity contribution in [1.82, 2.24) is 9.78 Å². The predicted octanol–water partition coefficient (Wildman–Crippen LogP) is 2.39. The standard InChI is InChI=1S/C16H18N2O3/c1-11(2)9-18-16(20)12(10-19)8-14(17-18)13-6-4-5-7-15(13)21-3/h4-8,10-11H,9H2,1-3H3. The number of carbonyl (C=O) groups excluding carboxylic acids is 1. The maximum atomic E-state index is 12.1. The summed E-state index contributed by atoms with van der Waals surface area (Å²) in [5.74, 6) is 0.902. The van der Waals surface area contributed by atoms with E-state index >= 15 is 0 Å². The van der Waals surface area contributed by atoms with E-state index in [0.29, 0.717) is 24.3 Å². The lowest BCUT2D eigenvalue weighted by Gasteiger charge is -2.12. The van der Waals surface area contributed by atoms with Crippen LogP contribution in [0.1, 0.15) is 24.2 Å². The van der Waals surface area contributed by atoms with Gasteiger partial charge in [0.15, 0.2) is 6.29 Å². The van der Waals surface area contributed by atoms with Crippen molar-refractivity contribution in [3.05, 3.63) is 46.2 Å². The minimum absolute atomic E-state index is 0.103. The lowest BCUT2D eigenvalue weighted by Crippen LogP contribution is -2.28. The van der Waals surface area contributed by atoms with Gasteiger partial charge >= 0.3 is 0 Å². The Balaban J connectivity index is 2.64. The molecule has 2 rings (SSSR count). The number of nitrogens with zero attached hydrogens (tertiary/aromatic N) is 2. The highest BCUT2D eigenvalue weighted by Gasteiger charge is 2.13. The van der Waals surface area contributed by atoms with Crippen molar-refractivity contribution in [2.45, 2.75) is 20.4 Å². The van der Waals surface area contributed by atoms with Crippen molar-refractivity contribution in [3.8, 4) is 17.0 Å². The van der Waals surface area contributed by atoms with Crippen LogP contribution in [-0.2, 0) is 6.54 Å². The van der Waals surface area contributed by atoms with Crippen LogP contribution in [0.25, 0.3) is 11.3 Å². The zero-order chi connectivity index (χ0) is 15.4. The molecule has 1 heterocycles. The van der Waals surface area contributed by atoms with Crippen molar-refractivity contribution >= 4 is 6.29 Å². The van der Waals surface area contributed by atoms with Crippen molar-refractivity contribution in [1.29, 1.82) is 0 Å². The van der Waals surface area contributed by atoms with Crippen LogP contribution in [0.15, 0.2) is 35.1 Å². The molecular weight excluding hydrogens is 268 g/mol. The summed E-state index contributed by atoms with van der Waals surface area (Å²) in [5, 5.41) is 4.37. The molecule has 0 radical (unpaired) electrons. The molecule has 110 valence electrons. The zero-order valence-corrected chi connectivity index (χ0v) is 12.4. The van der Waals surface area contributed by atoms with Gasteiger partial charge in [0.25, 0.3) is 5.56 Å². The lowest BCUT2D eigenvalue weighted by molar-refractivity contribution is 0.112. The molecule has 5 heteroatoms. The van der Waals surface area contributed by atoms with Gasteiger partial charge in [-0.15, -0.1) is 0 Å². The number of methoxy groups -OCH3 is 1. The van der Waals surface area contributed by atoms with E-state index in [1.54, 1.807) is 7.11 Å². The summed E-state index contributed by atoms with van der Waals surface area (Å²) in [4.78, 5) is 23.2. The second kappa shape index (κ2) is 6.35. The van der Waals surface area contributed by atoms with Gasteiger partial charge in [-0.2, -0.15) is 5.10 Å². The summed E-state index contributed by atoms with van der Waals surface area (Å²) in [6.07, 6.45) is 0.569. The van der Waals surface area contributed by atoms with Crippen LogP contribution < -0.4 is 10.3 Å². The fraction of sp³-hybridized carbons (Fsp3) is 0.312. The summed E-state index contributed by atoms with van der Waals surface area (Å²) < 4.78 is 6.65. The zero-order valence-electron chi connectivity index (χ0n) is 12.4. The van der Waals surface area contributed by atoms with Crippen LogP contribution in [0, 0.1) is 5.92 Å². The molecule has 0 amide bonds. The van der Waals surface area contributed by atoms with Crippen molar-refractivity contribution in [2.75, 3.05) is 7.11 Å². The number of aromatic nitrogens is 2. The second-order valence-electron chi connectivity index (χ2n) is 5.18. The number of rotatable bonds is 5. The maximum Gasteiger partial charge on any atom is 0.277 e. The third-order valence-corrected chi connectivity index (χ3v) is 3.05. The molecule has 0 fully saturated rings. The average Bonchev–Trinajstić information content (AvgIpc) is 2.48. The monoisotopic (exact) mass is 286 g/mol. The number of para-hydroxylation sites is 1. The normalized spacial score (nSPS) is 10.7. The number of ether oxygens (including phenoxy) is 1. The van der Waals surface area contributed by atoms with Crippen LogP contribution in [-0.4, -0.2) is 23.2 Å². The first-order valence-electron chi connectivity index (χ1n) is 6.77. The number of aldehydes is 1. The summed E-state index contributed by atoms with van der Waals surface area (Å²) in [6.45, 7) is 4.44. The summed E-state index contributed by atoms with van der Waals surface area (Å²) in [7, 11) is 1.57. The second-order valence-corrected chi connectivity index (χ2v) is 5.18. The minimum atomic E-state index is -0.364. The summed E-state index contributed by atoms with van der Waals surface area (Å²) >= 11 is 0. The molecule has 0 saturated carbocycles. The SMILES string of the molecule is COc1ccccc1-c1cc(C=O)c(=O)n(CC(C)C)n1. The Morgan fingerprint density at radius 2 is 2.05 bits per heavy atom.